The third-order valence-corrected chi connectivity index (χ3v) is 8.28. The van der Waals surface area contributed by atoms with Gasteiger partial charge in [0.2, 0.25) is 0 Å². The van der Waals surface area contributed by atoms with Gasteiger partial charge in [0.05, 0.1) is 14.2 Å². The van der Waals surface area contributed by atoms with E-state index in [1.807, 2.05) is 6.07 Å². The number of ketones is 1. The SMILES string of the molecule is CC[C@@]12CC(=O)CCC1C(N(C)CC1CC1)Cc1c(CCC(=O)OC)cc(OC)c(O)c12. The number of phenols is 1. The van der Waals surface area contributed by atoms with E-state index < -0.39 is 5.41 Å². The molecule has 1 aromatic carbocycles. The number of likely N-dealkylation sites (N-methyl/N-ethyl adjacent to an activating group) is 1. The van der Waals surface area contributed by atoms with Gasteiger partial charge < -0.3 is 19.5 Å². The Morgan fingerprint density at radius 1 is 1.28 bits per heavy atom. The lowest BCUT2D eigenvalue weighted by Crippen LogP contribution is -2.56. The molecule has 0 heterocycles. The Bertz CT molecular complexity index is 893. The smallest absolute Gasteiger partial charge is 0.305 e. The second kappa shape index (κ2) is 9.05. The number of aromatic hydroxyl groups is 1. The zero-order chi connectivity index (χ0) is 23.0. The highest BCUT2D eigenvalue weighted by atomic mass is 16.5. The Balaban J connectivity index is 1.85. The van der Waals surface area contributed by atoms with Crippen LogP contribution in [0.15, 0.2) is 6.07 Å². The normalized spacial score (nSPS) is 27.1. The van der Waals surface area contributed by atoms with Gasteiger partial charge in [-0.2, -0.15) is 0 Å². The van der Waals surface area contributed by atoms with Gasteiger partial charge in [-0.1, -0.05) is 6.92 Å². The molecular weight excluding hydrogens is 406 g/mol. The zero-order valence-electron chi connectivity index (χ0n) is 19.9. The van der Waals surface area contributed by atoms with Crippen molar-refractivity contribution >= 4 is 11.8 Å². The molecule has 32 heavy (non-hydrogen) atoms. The maximum absolute atomic E-state index is 12.8. The molecule has 6 heteroatoms. The molecule has 3 atom stereocenters. The number of fused-ring (bicyclic) bond motifs is 3. The number of hydrogen-bond acceptors (Lipinski definition) is 6. The number of esters is 1. The van der Waals surface area contributed by atoms with E-state index in [2.05, 4.69) is 18.9 Å². The molecule has 1 aromatic rings. The lowest BCUT2D eigenvalue weighted by Gasteiger charge is -2.54. The minimum Gasteiger partial charge on any atom is -0.504 e. The van der Waals surface area contributed by atoms with Crippen LogP contribution >= 0.6 is 0 Å². The summed E-state index contributed by atoms with van der Waals surface area (Å²) in [6, 6.07) is 2.20. The highest BCUT2D eigenvalue weighted by Crippen LogP contribution is 2.57. The minimum atomic E-state index is -0.399. The topological polar surface area (TPSA) is 76.1 Å². The van der Waals surface area contributed by atoms with E-state index in [-0.39, 0.29) is 23.9 Å². The van der Waals surface area contributed by atoms with Crippen LogP contribution in [0, 0.1) is 11.8 Å². The molecule has 4 rings (SSSR count). The van der Waals surface area contributed by atoms with Gasteiger partial charge >= 0.3 is 5.97 Å². The fourth-order valence-electron chi connectivity index (χ4n) is 6.45. The molecule has 1 N–H and O–H groups in total. The first-order chi connectivity index (χ1) is 15.3. The van der Waals surface area contributed by atoms with Crippen molar-refractivity contribution in [2.24, 2.45) is 11.8 Å². The first kappa shape index (κ1) is 23.1. The third-order valence-electron chi connectivity index (χ3n) is 8.28. The van der Waals surface area contributed by atoms with Crippen LogP contribution in [0.25, 0.3) is 0 Å². The molecule has 0 radical (unpaired) electrons. The van der Waals surface area contributed by atoms with Gasteiger partial charge in [-0.3, -0.25) is 9.59 Å². The summed E-state index contributed by atoms with van der Waals surface area (Å²) in [7, 11) is 5.19. The van der Waals surface area contributed by atoms with Crippen molar-refractivity contribution in [1.82, 2.24) is 4.90 Å². The van der Waals surface area contributed by atoms with Crippen LogP contribution in [0.2, 0.25) is 0 Å². The average molecular weight is 444 g/mol. The van der Waals surface area contributed by atoms with Gasteiger partial charge in [-0.15, -0.1) is 0 Å². The van der Waals surface area contributed by atoms with Crippen molar-refractivity contribution < 1.29 is 24.2 Å². The number of nitrogens with zero attached hydrogens (tertiary/aromatic N) is 1. The number of benzene rings is 1. The van der Waals surface area contributed by atoms with Gasteiger partial charge in [-0.25, -0.2) is 0 Å². The zero-order valence-corrected chi connectivity index (χ0v) is 19.9. The molecule has 176 valence electrons. The van der Waals surface area contributed by atoms with Crippen molar-refractivity contribution in [3.63, 3.8) is 0 Å². The van der Waals surface area contributed by atoms with Crippen molar-refractivity contribution in [2.75, 3.05) is 27.8 Å². The van der Waals surface area contributed by atoms with E-state index in [0.29, 0.717) is 37.0 Å². The largest absolute Gasteiger partial charge is 0.504 e. The van der Waals surface area contributed by atoms with E-state index >= 15 is 0 Å². The molecule has 0 aromatic heterocycles. The van der Waals surface area contributed by atoms with Gasteiger partial charge in [-0.05, 0) is 74.6 Å². The number of rotatable bonds is 8. The van der Waals surface area contributed by atoms with Crippen molar-refractivity contribution in [3.8, 4) is 11.5 Å². The summed E-state index contributed by atoms with van der Waals surface area (Å²) in [6.45, 7) is 3.23. The van der Waals surface area contributed by atoms with Crippen LogP contribution in [-0.4, -0.2) is 55.6 Å². The standard InChI is InChI=1S/C26H37NO5/c1-5-26-14-18(28)9-10-20(26)21(27(2)15-16-6-7-16)13-19-17(8-11-23(29)32-4)12-22(31-3)25(30)24(19)26/h12,16,20-21,30H,5-11,13-15H2,1-4H3/t20?,21?,26-/m1/s1. The monoisotopic (exact) mass is 443 g/mol. The maximum atomic E-state index is 12.8. The predicted molar refractivity (Wildman–Crippen MR) is 122 cm³/mol. The maximum Gasteiger partial charge on any atom is 0.305 e. The predicted octanol–water partition coefficient (Wildman–Crippen LogP) is 3.79. The van der Waals surface area contributed by atoms with Crippen LogP contribution in [0.3, 0.4) is 0 Å². The number of Topliss-reactive ketones (excluding diaryl/α,β-unsaturated/α-hetero) is 1. The number of phenolic OH excluding ortho intramolecular Hbond substituents is 1. The van der Waals surface area contributed by atoms with E-state index in [9.17, 15) is 14.7 Å². The molecule has 3 aliphatic carbocycles. The Hall–Kier alpha value is -2.08. The Morgan fingerprint density at radius 2 is 2.03 bits per heavy atom. The number of carbonyl (C=O) groups is 2. The van der Waals surface area contributed by atoms with E-state index in [1.165, 1.54) is 20.0 Å². The highest BCUT2D eigenvalue weighted by Gasteiger charge is 2.54. The minimum absolute atomic E-state index is 0.175. The van der Waals surface area contributed by atoms with Crippen molar-refractivity contribution in [3.05, 3.63) is 22.8 Å². The van der Waals surface area contributed by atoms with Crippen molar-refractivity contribution in [1.29, 1.82) is 0 Å². The Labute approximate surface area is 191 Å². The van der Waals surface area contributed by atoms with E-state index in [0.717, 1.165) is 48.4 Å². The van der Waals surface area contributed by atoms with Crippen LogP contribution in [0.4, 0.5) is 0 Å². The molecule has 0 saturated heterocycles. The van der Waals surface area contributed by atoms with E-state index in [1.54, 1.807) is 7.11 Å². The lowest BCUT2D eigenvalue weighted by molar-refractivity contribution is -0.140. The average Bonchev–Trinajstić information content (AvgIpc) is 3.60. The number of carbonyl (C=O) groups excluding carboxylic acids is 2. The van der Waals surface area contributed by atoms with Crippen LogP contribution in [-0.2, 0) is 32.6 Å². The Kier molecular flexibility index (Phi) is 6.53. The third kappa shape index (κ3) is 4.02. The summed E-state index contributed by atoms with van der Waals surface area (Å²) in [4.78, 5) is 27.2. The summed E-state index contributed by atoms with van der Waals surface area (Å²) < 4.78 is 10.4. The summed E-state index contributed by atoms with van der Waals surface area (Å²) in [5.41, 5.74) is 2.62. The number of methoxy groups -OCH3 is 2. The second-order valence-corrected chi connectivity index (χ2v) is 10.0. The molecule has 3 aliphatic rings. The molecule has 0 aliphatic heterocycles. The van der Waals surface area contributed by atoms with Gasteiger partial charge in [0.25, 0.3) is 0 Å². The fourth-order valence-corrected chi connectivity index (χ4v) is 6.45. The van der Waals surface area contributed by atoms with Crippen molar-refractivity contribution in [2.45, 2.75) is 76.2 Å². The highest BCUT2D eigenvalue weighted by molar-refractivity contribution is 5.82. The molecule has 2 fully saturated rings. The van der Waals surface area contributed by atoms with Gasteiger partial charge in [0.1, 0.15) is 5.78 Å². The molecule has 0 bridgehead atoms. The molecule has 2 saturated carbocycles. The Morgan fingerprint density at radius 3 is 2.66 bits per heavy atom. The number of ether oxygens (including phenoxy) is 2. The fraction of sp³-hybridized carbons (Fsp3) is 0.692. The molecular formula is C26H37NO5. The number of aryl methyl sites for hydroxylation is 1. The molecule has 2 unspecified atom stereocenters. The molecule has 6 nitrogen and oxygen atoms in total. The quantitative estimate of drug-likeness (QED) is 0.616. The summed E-state index contributed by atoms with van der Waals surface area (Å²) in [5, 5.41) is 11.3. The van der Waals surface area contributed by atoms with Gasteiger partial charge in [0.15, 0.2) is 11.5 Å². The van der Waals surface area contributed by atoms with Crippen LogP contribution in [0.5, 0.6) is 11.5 Å². The second-order valence-electron chi connectivity index (χ2n) is 10.0. The van der Waals surface area contributed by atoms with Crippen LogP contribution in [0.1, 0.15) is 68.6 Å². The first-order valence-corrected chi connectivity index (χ1v) is 12.1. The van der Waals surface area contributed by atoms with Gasteiger partial charge in [0, 0.05) is 42.8 Å². The first-order valence-electron chi connectivity index (χ1n) is 12.1. The van der Waals surface area contributed by atoms with E-state index in [4.69, 9.17) is 9.47 Å². The lowest BCUT2D eigenvalue weighted by atomic mass is 9.53. The summed E-state index contributed by atoms with van der Waals surface area (Å²) in [6.07, 6.45) is 6.98. The number of hydrogen-bond donors (Lipinski definition) is 1. The summed E-state index contributed by atoms with van der Waals surface area (Å²) in [5.74, 6) is 1.73. The van der Waals surface area contributed by atoms with Crippen LogP contribution < -0.4 is 4.74 Å². The molecule has 0 spiro atoms. The summed E-state index contributed by atoms with van der Waals surface area (Å²) >= 11 is 0. The molecule has 0 amide bonds.